The zero-order valence-corrected chi connectivity index (χ0v) is 14.1. The van der Waals surface area contributed by atoms with Gasteiger partial charge in [-0.05, 0) is 24.7 Å². The highest BCUT2D eigenvalue weighted by atomic mass is 16.4. The molecule has 2 N–H and O–H groups in total. The van der Waals surface area contributed by atoms with Gasteiger partial charge in [-0.2, -0.15) is 0 Å². The van der Waals surface area contributed by atoms with E-state index in [2.05, 4.69) is 5.32 Å². The SMILES string of the molecule is CN1CCN(C(=O)Cc2ccc(N3CCNC3=O)cc2)CC1C(=O)O. The molecular weight excluding hydrogens is 324 g/mol. The number of amides is 3. The molecule has 0 aromatic heterocycles. The van der Waals surface area contributed by atoms with Gasteiger partial charge in [0, 0.05) is 38.4 Å². The molecule has 2 saturated heterocycles. The first-order valence-electron chi connectivity index (χ1n) is 8.31. The molecule has 0 aliphatic carbocycles. The van der Waals surface area contributed by atoms with Gasteiger partial charge < -0.3 is 15.3 Å². The van der Waals surface area contributed by atoms with Crippen molar-refractivity contribution in [2.45, 2.75) is 12.5 Å². The molecule has 8 nitrogen and oxygen atoms in total. The summed E-state index contributed by atoms with van der Waals surface area (Å²) in [6, 6.07) is 6.57. The quantitative estimate of drug-likeness (QED) is 0.800. The molecule has 134 valence electrons. The number of nitrogens with zero attached hydrogens (tertiary/aromatic N) is 3. The molecule has 2 fully saturated rings. The fourth-order valence-corrected chi connectivity index (χ4v) is 3.16. The maximum atomic E-state index is 12.5. The van der Waals surface area contributed by atoms with Crippen LogP contribution in [0.15, 0.2) is 24.3 Å². The number of carbonyl (C=O) groups is 3. The first-order valence-corrected chi connectivity index (χ1v) is 8.31. The van der Waals surface area contributed by atoms with Gasteiger partial charge in [0.2, 0.25) is 5.91 Å². The molecule has 1 unspecified atom stereocenters. The summed E-state index contributed by atoms with van der Waals surface area (Å²) in [7, 11) is 1.76. The van der Waals surface area contributed by atoms with Crippen LogP contribution >= 0.6 is 0 Å². The molecule has 8 heteroatoms. The lowest BCUT2D eigenvalue weighted by Crippen LogP contribution is -2.56. The van der Waals surface area contributed by atoms with Gasteiger partial charge in [-0.25, -0.2) is 4.79 Å². The van der Waals surface area contributed by atoms with E-state index in [-0.39, 0.29) is 24.9 Å². The molecule has 25 heavy (non-hydrogen) atoms. The Hall–Kier alpha value is -2.61. The second-order valence-corrected chi connectivity index (χ2v) is 6.40. The fraction of sp³-hybridized carbons (Fsp3) is 0.471. The van der Waals surface area contributed by atoms with Gasteiger partial charge in [-0.15, -0.1) is 0 Å². The summed E-state index contributed by atoms with van der Waals surface area (Å²) < 4.78 is 0. The van der Waals surface area contributed by atoms with E-state index in [1.54, 1.807) is 21.7 Å². The Morgan fingerprint density at radius 1 is 1.20 bits per heavy atom. The van der Waals surface area contributed by atoms with Crippen molar-refractivity contribution in [2.75, 3.05) is 44.7 Å². The van der Waals surface area contributed by atoms with Crippen LogP contribution in [0.2, 0.25) is 0 Å². The summed E-state index contributed by atoms with van der Waals surface area (Å²) in [5.74, 6) is -0.987. The predicted molar refractivity (Wildman–Crippen MR) is 91.5 cm³/mol. The van der Waals surface area contributed by atoms with Gasteiger partial charge in [-0.1, -0.05) is 12.1 Å². The van der Waals surface area contributed by atoms with Crippen molar-refractivity contribution in [2.24, 2.45) is 0 Å². The summed E-state index contributed by atoms with van der Waals surface area (Å²) in [6.07, 6.45) is 0.225. The number of hydrogen-bond acceptors (Lipinski definition) is 4. The zero-order valence-electron chi connectivity index (χ0n) is 14.1. The Morgan fingerprint density at radius 2 is 1.92 bits per heavy atom. The summed E-state index contributed by atoms with van der Waals surface area (Å²) in [5.41, 5.74) is 1.65. The number of anilines is 1. The zero-order chi connectivity index (χ0) is 18.0. The molecule has 1 aromatic rings. The smallest absolute Gasteiger partial charge is 0.322 e. The minimum absolute atomic E-state index is 0.0778. The monoisotopic (exact) mass is 346 g/mol. The predicted octanol–water partition coefficient (Wildman–Crippen LogP) is -0.0141. The van der Waals surface area contributed by atoms with Gasteiger partial charge in [0.15, 0.2) is 0 Å². The molecule has 0 saturated carbocycles. The van der Waals surface area contributed by atoms with E-state index in [1.807, 2.05) is 24.3 Å². The first kappa shape index (κ1) is 17.2. The number of hydrogen-bond donors (Lipinski definition) is 2. The highest BCUT2D eigenvalue weighted by Gasteiger charge is 2.31. The standard InChI is InChI=1S/C17H22N4O4/c1-19-8-9-20(11-14(19)16(23)24)15(22)10-12-2-4-13(5-3-12)21-7-6-18-17(21)25/h2-5,14H,6-11H2,1H3,(H,18,25)(H,23,24). The lowest BCUT2D eigenvalue weighted by Gasteiger charge is -2.37. The minimum Gasteiger partial charge on any atom is -0.480 e. The minimum atomic E-state index is -0.909. The first-order chi connectivity index (χ1) is 12.0. The molecule has 1 atom stereocenters. The van der Waals surface area contributed by atoms with Crippen LogP contribution in [0.1, 0.15) is 5.56 Å². The van der Waals surface area contributed by atoms with E-state index in [9.17, 15) is 19.5 Å². The van der Waals surface area contributed by atoms with Crippen molar-refractivity contribution < 1.29 is 19.5 Å². The van der Waals surface area contributed by atoms with E-state index in [4.69, 9.17) is 0 Å². The lowest BCUT2D eigenvalue weighted by molar-refractivity contribution is -0.147. The average molecular weight is 346 g/mol. The summed E-state index contributed by atoms with van der Waals surface area (Å²) in [5, 5.41) is 12.0. The van der Waals surface area contributed by atoms with Crippen molar-refractivity contribution >= 4 is 23.6 Å². The molecule has 2 aliphatic rings. The van der Waals surface area contributed by atoms with Crippen LogP contribution in [-0.2, 0) is 16.0 Å². The van der Waals surface area contributed by atoms with Crippen molar-refractivity contribution in [3.05, 3.63) is 29.8 Å². The van der Waals surface area contributed by atoms with Crippen molar-refractivity contribution in [1.82, 2.24) is 15.1 Å². The molecular formula is C17H22N4O4. The number of carbonyl (C=O) groups excluding carboxylic acids is 2. The van der Waals surface area contributed by atoms with Gasteiger partial charge in [0.1, 0.15) is 6.04 Å². The molecule has 3 amide bonds. The van der Waals surface area contributed by atoms with Gasteiger partial charge in [0.05, 0.1) is 6.42 Å². The number of nitrogens with one attached hydrogen (secondary N) is 1. The topological polar surface area (TPSA) is 93.2 Å². The number of piperazine rings is 1. The van der Waals surface area contributed by atoms with Crippen LogP contribution in [0.3, 0.4) is 0 Å². The van der Waals surface area contributed by atoms with E-state index >= 15 is 0 Å². The Labute approximate surface area is 146 Å². The van der Waals surface area contributed by atoms with Gasteiger partial charge in [0.25, 0.3) is 0 Å². The maximum Gasteiger partial charge on any atom is 0.322 e. The van der Waals surface area contributed by atoms with E-state index in [0.717, 1.165) is 11.3 Å². The van der Waals surface area contributed by atoms with Crippen LogP contribution in [0, 0.1) is 0 Å². The van der Waals surface area contributed by atoms with Crippen LogP contribution in [-0.4, -0.2) is 78.6 Å². The molecule has 0 spiro atoms. The lowest BCUT2D eigenvalue weighted by atomic mass is 10.1. The Balaban J connectivity index is 1.61. The highest BCUT2D eigenvalue weighted by Crippen LogP contribution is 2.18. The fourth-order valence-electron chi connectivity index (χ4n) is 3.16. The summed E-state index contributed by atoms with van der Waals surface area (Å²) in [4.78, 5) is 40.4. The largest absolute Gasteiger partial charge is 0.480 e. The van der Waals surface area contributed by atoms with Gasteiger partial charge in [-0.3, -0.25) is 19.4 Å². The number of benzene rings is 1. The van der Waals surface area contributed by atoms with Crippen LogP contribution in [0.4, 0.5) is 10.5 Å². The molecule has 2 heterocycles. The third kappa shape index (κ3) is 3.74. The molecule has 0 radical (unpaired) electrons. The molecule has 1 aromatic carbocycles. The summed E-state index contributed by atoms with van der Waals surface area (Å²) in [6.45, 7) is 2.55. The number of urea groups is 1. The molecule has 3 rings (SSSR count). The normalized spacial score (nSPS) is 21.3. The number of carboxylic acid groups (broad SMARTS) is 1. The molecule has 2 aliphatic heterocycles. The van der Waals surface area contributed by atoms with E-state index < -0.39 is 12.0 Å². The van der Waals surface area contributed by atoms with Gasteiger partial charge >= 0.3 is 12.0 Å². The Bertz CT molecular complexity index is 676. The van der Waals surface area contributed by atoms with Crippen molar-refractivity contribution in [3.8, 4) is 0 Å². The van der Waals surface area contributed by atoms with Crippen molar-refractivity contribution in [1.29, 1.82) is 0 Å². The van der Waals surface area contributed by atoms with E-state index in [1.165, 1.54) is 0 Å². The van der Waals surface area contributed by atoms with Crippen LogP contribution in [0.5, 0.6) is 0 Å². The van der Waals surface area contributed by atoms with Crippen LogP contribution < -0.4 is 10.2 Å². The number of rotatable bonds is 4. The van der Waals surface area contributed by atoms with Crippen molar-refractivity contribution in [3.63, 3.8) is 0 Å². The Morgan fingerprint density at radius 3 is 2.52 bits per heavy atom. The van der Waals surface area contributed by atoms with E-state index in [0.29, 0.717) is 26.2 Å². The van der Waals surface area contributed by atoms with Crippen LogP contribution in [0.25, 0.3) is 0 Å². The Kier molecular flexibility index (Phi) is 4.89. The molecule has 0 bridgehead atoms. The average Bonchev–Trinajstić information content (AvgIpc) is 3.01. The number of likely N-dealkylation sites (N-methyl/N-ethyl adjacent to an activating group) is 1. The highest BCUT2D eigenvalue weighted by molar-refractivity contribution is 5.94. The number of aliphatic carboxylic acids is 1. The second-order valence-electron chi connectivity index (χ2n) is 6.40. The second kappa shape index (κ2) is 7.10. The number of carboxylic acids is 1. The summed E-state index contributed by atoms with van der Waals surface area (Å²) >= 11 is 0. The third-order valence-electron chi connectivity index (χ3n) is 4.75. The third-order valence-corrected chi connectivity index (χ3v) is 4.75. The maximum absolute atomic E-state index is 12.5.